The van der Waals surface area contributed by atoms with Crippen molar-refractivity contribution in [2.24, 2.45) is 0 Å². The van der Waals surface area contributed by atoms with Crippen molar-refractivity contribution in [3.63, 3.8) is 0 Å². The van der Waals surface area contributed by atoms with Gasteiger partial charge in [0.05, 0.1) is 19.8 Å². The van der Waals surface area contributed by atoms with E-state index < -0.39 is 0 Å². The maximum absolute atomic E-state index is 5.45. The van der Waals surface area contributed by atoms with E-state index in [2.05, 4.69) is 26.6 Å². The van der Waals surface area contributed by atoms with Crippen LogP contribution in [0.5, 0.6) is 0 Å². The van der Waals surface area contributed by atoms with Gasteiger partial charge in [-0.1, -0.05) is 12.8 Å². The van der Waals surface area contributed by atoms with Crippen molar-refractivity contribution in [2.75, 3.05) is 73.9 Å². The van der Waals surface area contributed by atoms with E-state index in [1.54, 1.807) is 21.3 Å². The van der Waals surface area contributed by atoms with Gasteiger partial charge in [0, 0.05) is 84.3 Å². The maximum Gasteiger partial charge on any atom is 0.0628 e. The van der Waals surface area contributed by atoms with Gasteiger partial charge in [-0.15, -0.1) is 0 Å². The van der Waals surface area contributed by atoms with Gasteiger partial charge in [-0.2, -0.15) is 0 Å². The summed E-state index contributed by atoms with van der Waals surface area (Å²) < 4.78 is 16.3. The lowest BCUT2D eigenvalue weighted by Crippen LogP contribution is -2.55. The average Bonchev–Trinajstić information content (AvgIpc) is 2.71. The van der Waals surface area contributed by atoms with Gasteiger partial charge in [-0.05, 0) is 12.8 Å². The molecule has 1 aliphatic heterocycles. The third kappa shape index (κ3) is 9.00. The van der Waals surface area contributed by atoms with Crippen molar-refractivity contribution in [2.45, 2.75) is 55.9 Å². The van der Waals surface area contributed by atoms with E-state index in [4.69, 9.17) is 14.2 Å². The molecule has 1 saturated carbocycles. The fourth-order valence-electron chi connectivity index (χ4n) is 4.24. The summed E-state index contributed by atoms with van der Waals surface area (Å²) in [4.78, 5) is 0. The van der Waals surface area contributed by atoms with Gasteiger partial charge in [0.2, 0.25) is 0 Å². The molecule has 1 heterocycles. The normalized spacial score (nSPS) is 34.2. The Balaban J connectivity index is 2.00. The Labute approximate surface area is 171 Å². The summed E-state index contributed by atoms with van der Waals surface area (Å²) in [5, 5.41) is 18.5. The first-order valence-electron chi connectivity index (χ1n) is 10.9. The molecule has 0 aromatic heterocycles. The predicted molar refractivity (Wildman–Crippen MR) is 113 cm³/mol. The second-order valence-electron chi connectivity index (χ2n) is 8.09. The number of hydrogen-bond acceptors (Lipinski definition) is 8. The molecule has 0 radical (unpaired) electrons. The number of fused-ring (bicyclic) bond motifs is 1. The van der Waals surface area contributed by atoms with E-state index in [1.807, 2.05) is 0 Å². The fourth-order valence-corrected chi connectivity index (χ4v) is 4.24. The van der Waals surface area contributed by atoms with Gasteiger partial charge < -0.3 is 40.8 Å². The van der Waals surface area contributed by atoms with E-state index in [1.165, 1.54) is 25.7 Å². The fraction of sp³-hybridized carbons (Fsp3) is 1.00. The monoisotopic (exact) mass is 401 g/mol. The molecule has 166 valence electrons. The highest BCUT2D eigenvalue weighted by atomic mass is 16.5. The number of rotatable bonds is 6. The summed E-state index contributed by atoms with van der Waals surface area (Å²) in [6.07, 6.45) is 5.12. The van der Waals surface area contributed by atoms with Crippen molar-refractivity contribution in [1.29, 1.82) is 0 Å². The van der Waals surface area contributed by atoms with Crippen LogP contribution >= 0.6 is 0 Å². The Morgan fingerprint density at radius 1 is 0.571 bits per heavy atom. The van der Waals surface area contributed by atoms with Crippen molar-refractivity contribution >= 4 is 0 Å². The second-order valence-corrected chi connectivity index (χ2v) is 8.09. The third-order valence-corrected chi connectivity index (χ3v) is 5.77. The quantitative estimate of drug-likeness (QED) is 0.400. The molecule has 5 atom stereocenters. The zero-order valence-electron chi connectivity index (χ0n) is 18.1. The van der Waals surface area contributed by atoms with Crippen LogP contribution in [-0.2, 0) is 14.2 Å². The number of nitrogens with one attached hydrogen (secondary N) is 5. The molecule has 1 saturated heterocycles. The molecule has 2 aliphatic rings. The lowest BCUT2D eigenvalue weighted by Gasteiger charge is -2.34. The summed E-state index contributed by atoms with van der Waals surface area (Å²) in [5.41, 5.74) is 0. The van der Waals surface area contributed by atoms with E-state index in [-0.39, 0.29) is 18.1 Å². The summed E-state index contributed by atoms with van der Waals surface area (Å²) in [7, 11) is 5.29. The standard InChI is InChI=1S/C20H43N5O3/c1-26-13-16-10-23-17(14-27-2)11-24-18(15-28-3)12-25-20-7-5-4-6-19(20)22-9-8-21-16/h16-25H,4-15H2,1-3H3/t16-,17-,18+,19+,20+/m0/s1. The van der Waals surface area contributed by atoms with Gasteiger partial charge in [-0.3, -0.25) is 0 Å². The van der Waals surface area contributed by atoms with Gasteiger partial charge in [0.25, 0.3) is 0 Å². The topological polar surface area (TPSA) is 87.8 Å². The highest BCUT2D eigenvalue weighted by Gasteiger charge is 2.25. The first-order valence-corrected chi connectivity index (χ1v) is 10.9. The minimum atomic E-state index is 0.246. The van der Waals surface area contributed by atoms with Crippen molar-refractivity contribution in [3.8, 4) is 0 Å². The molecule has 0 unspecified atom stereocenters. The first-order chi connectivity index (χ1) is 13.8. The first kappa shape index (κ1) is 24.0. The van der Waals surface area contributed by atoms with Gasteiger partial charge >= 0.3 is 0 Å². The number of methoxy groups -OCH3 is 3. The number of ether oxygens (including phenoxy) is 3. The van der Waals surface area contributed by atoms with E-state index in [0.717, 1.165) is 32.7 Å². The molecule has 0 aromatic carbocycles. The molecule has 0 bridgehead atoms. The van der Waals surface area contributed by atoms with Crippen LogP contribution in [0.1, 0.15) is 25.7 Å². The molecule has 8 heteroatoms. The van der Waals surface area contributed by atoms with Crippen LogP contribution < -0.4 is 26.6 Å². The van der Waals surface area contributed by atoms with Crippen LogP contribution in [0.2, 0.25) is 0 Å². The Kier molecular flexibility index (Phi) is 12.5. The molecule has 0 aromatic rings. The molecule has 8 nitrogen and oxygen atoms in total. The smallest absolute Gasteiger partial charge is 0.0628 e. The SMILES string of the molecule is COC[C@H]1CN[C@@H]2CCCC[C@H]2NCCN[C@H](COC)CN[C@H](COC)CN1. The Bertz CT molecular complexity index is 391. The Morgan fingerprint density at radius 2 is 1.00 bits per heavy atom. The molecular formula is C20H43N5O3. The van der Waals surface area contributed by atoms with Crippen LogP contribution in [0.3, 0.4) is 0 Å². The molecule has 2 fully saturated rings. The molecule has 2 rings (SSSR count). The Hall–Kier alpha value is -0.320. The summed E-state index contributed by atoms with van der Waals surface area (Å²) >= 11 is 0. The lowest BCUT2D eigenvalue weighted by molar-refractivity contribution is 0.137. The van der Waals surface area contributed by atoms with Crippen LogP contribution in [0.15, 0.2) is 0 Å². The molecule has 5 N–H and O–H groups in total. The second kappa shape index (κ2) is 14.6. The summed E-state index contributed by atoms with van der Waals surface area (Å²) in [5.74, 6) is 0. The van der Waals surface area contributed by atoms with Crippen molar-refractivity contribution < 1.29 is 14.2 Å². The molecular weight excluding hydrogens is 358 g/mol. The zero-order chi connectivity index (χ0) is 20.0. The van der Waals surface area contributed by atoms with Crippen LogP contribution in [0.4, 0.5) is 0 Å². The van der Waals surface area contributed by atoms with Gasteiger partial charge in [0.15, 0.2) is 0 Å². The number of hydrogen-bond donors (Lipinski definition) is 5. The Morgan fingerprint density at radius 3 is 1.54 bits per heavy atom. The van der Waals surface area contributed by atoms with Crippen molar-refractivity contribution in [3.05, 3.63) is 0 Å². The lowest BCUT2D eigenvalue weighted by atomic mass is 9.90. The minimum Gasteiger partial charge on any atom is -0.383 e. The highest BCUT2D eigenvalue weighted by Crippen LogP contribution is 2.18. The molecule has 0 amide bonds. The van der Waals surface area contributed by atoms with Crippen LogP contribution in [-0.4, -0.2) is 104 Å². The van der Waals surface area contributed by atoms with Gasteiger partial charge in [-0.25, -0.2) is 0 Å². The van der Waals surface area contributed by atoms with Crippen LogP contribution in [0, 0.1) is 0 Å². The van der Waals surface area contributed by atoms with Crippen molar-refractivity contribution in [1.82, 2.24) is 26.6 Å². The largest absolute Gasteiger partial charge is 0.383 e. The minimum absolute atomic E-state index is 0.246. The summed E-state index contributed by atoms with van der Waals surface area (Å²) in [6, 6.07) is 1.89. The van der Waals surface area contributed by atoms with Gasteiger partial charge in [0.1, 0.15) is 0 Å². The maximum atomic E-state index is 5.45. The molecule has 0 spiro atoms. The highest BCUT2D eigenvalue weighted by molar-refractivity contribution is 4.88. The predicted octanol–water partition coefficient (Wildman–Crippen LogP) is -0.696. The molecule has 1 aliphatic carbocycles. The third-order valence-electron chi connectivity index (χ3n) is 5.77. The molecule has 28 heavy (non-hydrogen) atoms. The average molecular weight is 402 g/mol. The van der Waals surface area contributed by atoms with E-state index >= 15 is 0 Å². The van der Waals surface area contributed by atoms with E-state index in [0.29, 0.717) is 31.9 Å². The zero-order valence-corrected chi connectivity index (χ0v) is 18.1. The van der Waals surface area contributed by atoms with Crippen LogP contribution in [0.25, 0.3) is 0 Å². The summed E-state index contributed by atoms with van der Waals surface area (Å²) in [6.45, 7) is 6.60. The van der Waals surface area contributed by atoms with E-state index in [9.17, 15) is 0 Å².